The van der Waals surface area contributed by atoms with E-state index in [4.69, 9.17) is 9.47 Å². The number of aromatic amines is 1. The van der Waals surface area contributed by atoms with Gasteiger partial charge in [-0.15, -0.1) is 0 Å². The van der Waals surface area contributed by atoms with Gasteiger partial charge < -0.3 is 19.4 Å². The lowest BCUT2D eigenvalue weighted by Crippen LogP contribution is -2.38. The quantitative estimate of drug-likeness (QED) is 0.726. The number of hydrogen-bond acceptors (Lipinski definition) is 3. The summed E-state index contributed by atoms with van der Waals surface area (Å²) in [6.07, 6.45) is 4.52. The molecule has 146 valence electrons. The second-order valence-electron chi connectivity index (χ2n) is 7.31. The van der Waals surface area contributed by atoms with Crippen molar-refractivity contribution < 1.29 is 14.3 Å². The van der Waals surface area contributed by atoms with Crippen LogP contribution in [0.4, 0.5) is 0 Å². The number of carbonyl (C=O) groups excluding carboxylic acids is 1. The molecule has 0 bridgehead atoms. The van der Waals surface area contributed by atoms with Crippen molar-refractivity contribution in [3.05, 3.63) is 59.8 Å². The highest BCUT2D eigenvalue weighted by atomic mass is 16.5. The van der Waals surface area contributed by atoms with Crippen molar-refractivity contribution in [1.82, 2.24) is 9.88 Å². The molecule has 0 saturated carbocycles. The highest BCUT2D eigenvalue weighted by Crippen LogP contribution is 2.33. The Kier molecular flexibility index (Phi) is 5.24. The second kappa shape index (κ2) is 7.97. The van der Waals surface area contributed by atoms with Crippen molar-refractivity contribution in [1.29, 1.82) is 0 Å². The Bertz CT molecular complexity index is 971. The zero-order valence-electron chi connectivity index (χ0n) is 16.4. The maximum Gasteiger partial charge on any atom is 0.226 e. The van der Waals surface area contributed by atoms with Crippen molar-refractivity contribution >= 4 is 16.8 Å². The van der Waals surface area contributed by atoms with Gasteiger partial charge in [0.05, 0.1) is 20.6 Å². The van der Waals surface area contributed by atoms with E-state index in [2.05, 4.69) is 35.4 Å². The summed E-state index contributed by atoms with van der Waals surface area (Å²) in [6, 6.07) is 14.1. The average molecular weight is 378 g/mol. The van der Waals surface area contributed by atoms with Crippen LogP contribution in [0.1, 0.15) is 29.9 Å². The molecule has 2 heterocycles. The molecule has 0 radical (unpaired) electrons. The van der Waals surface area contributed by atoms with Crippen molar-refractivity contribution in [3.8, 4) is 11.5 Å². The monoisotopic (exact) mass is 378 g/mol. The third-order valence-corrected chi connectivity index (χ3v) is 5.71. The van der Waals surface area contributed by atoms with Crippen LogP contribution >= 0.6 is 0 Å². The first kappa shape index (κ1) is 18.4. The van der Waals surface area contributed by atoms with Crippen molar-refractivity contribution in [3.63, 3.8) is 0 Å². The maximum absolute atomic E-state index is 12.8. The molecule has 1 saturated heterocycles. The Morgan fingerprint density at radius 1 is 1.07 bits per heavy atom. The van der Waals surface area contributed by atoms with E-state index >= 15 is 0 Å². The first-order chi connectivity index (χ1) is 13.7. The number of carbonyl (C=O) groups is 1. The number of fused-ring (bicyclic) bond motifs is 1. The molecule has 4 rings (SSSR count). The number of piperidine rings is 1. The second-order valence-corrected chi connectivity index (χ2v) is 7.31. The number of hydrogen-bond donors (Lipinski definition) is 1. The minimum Gasteiger partial charge on any atom is -0.493 e. The van der Waals surface area contributed by atoms with Crippen molar-refractivity contribution in [2.75, 3.05) is 27.3 Å². The molecule has 1 amide bonds. The Labute approximate surface area is 165 Å². The van der Waals surface area contributed by atoms with Gasteiger partial charge in [0.15, 0.2) is 11.5 Å². The summed E-state index contributed by atoms with van der Waals surface area (Å²) in [7, 11) is 3.22. The number of likely N-dealkylation sites (tertiary alicyclic amines) is 1. The SMILES string of the molecule is COc1ccc(CC(=O)N2CCC(c3c[nH]c4ccccc34)CC2)cc1OC. The van der Waals surface area contributed by atoms with E-state index in [1.807, 2.05) is 23.1 Å². The molecule has 0 atom stereocenters. The Balaban J connectivity index is 1.39. The largest absolute Gasteiger partial charge is 0.493 e. The number of para-hydroxylation sites is 1. The van der Waals surface area contributed by atoms with Gasteiger partial charge >= 0.3 is 0 Å². The number of aromatic nitrogens is 1. The Hall–Kier alpha value is -2.95. The van der Waals surface area contributed by atoms with E-state index in [0.29, 0.717) is 23.8 Å². The lowest BCUT2D eigenvalue weighted by molar-refractivity contribution is -0.131. The Morgan fingerprint density at radius 3 is 2.57 bits per heavy atom. The molecular weight excluding hydrogens is 352 g/mol. The maximum atomic E-state index is 12.8. The lowest BCUT2D eigenvalue weighted by atomic mass is 9.89. The van der Waals surface area contributed by atoms with Gasteiger partial charge in [-0.1, -0.05) is 24.3 Å². The Morgan fingerprint density at radius 2 is 1.82 bits per heavy atom. The molecule has 0 spiro atoms. The molecule has 28 heavy (non-hydrogen) atoms. The topological polar surface area (TPSA) is 54.6 Å². The summed E-state index contributed by atoms with van der Waals surface area (Å²) in [5.74, 6) is 2.01. The third-order valence-electron chi connectivity index (χ3n) is 5.71. The molecular formula is C23H26N2O3. The smallest absolute Gasteiger partial charge is 0.226 e. The molecule has 1 N–H and O–H groups in total. The molecule has 0 aliphatic carbocycles. The van der Waals surface area contributed by atoms with E-state index in [-0.39, 0.29) is 5.91 Å². The van der Waals surface area contributed by atoms with E-state index in [1.54, 1.807) is 14.2 Å². The lowest BCUT2D eigenvalue weighted by Gasteiger charge is -2.32. The first-order valence-electron chi connectivity index (χ1n) is 9.74. The van der Waals surface area contributed by atoms with Gasteiger partial charge in [-0.2, -0.15) is 0 Å². The van der Waals surface area contributed by atoms with E-state index in [9.17, 15) is 4.79 Å². The summed E-state index contributed by atoms with van der Waals surface area (Å²) in [6.45, 7) is 1.60. The highest BCUT2D eigenvalue weighted by Gasteiger charge is 2.25. The molecule has 1 aliphatic heterocycles. The highest BCUT2D eigenvalue weighted by molar-refractivity contribution is 5.84. The molecule has 1 aliphatic rings. The van der Waals surface area contributed by atoms with E-state index < -0.39 is 0 Å². The molecule has 3 aromatic rings. The van der Waals surface area contributed by atoms with Crippen LogP contribution in [-0.2, 0) is 11.2 Å². The number of rotatable bonds is 5. The van der Waals surface area contributed by atoms with Gasteiger partial charge in [0.2, 0.25) is 5.91 Å². The predicted octanol–water partition coefficient (Wildman–Crippen LogP) is 4.13. The van der Waals surface area contributed by atoms with E-state index in [1.165, 1.54) is 16.5 Å². The third kappa shape index (κ3) is 3.57. The van der Waals surface area contributed by atoms with Gasteiger partial charge in [0, 0.05) is 30.2 Å². The summed E-state index contributed by atoms with van der Waals surface area (Å²) < 4.78 is 10.6. The summed E-state index contributed by atoms with van der Waals surface area (Å²) in [5, 5.41) is 1.30. The van der Waals surface area contributed by atoms with Crippen LogP contribution in [0.2, 0.25) is 0 Å². The van der Waals surface area contributed by atoms with Gasteiger partial charge in [0.1, 0.15) is 0 Å². The summed E-state index contributed by atoms with van der Waals surface area (Å²) in [4.78, 5) is 18.1. The standard InChI is InChI=1S/C23H26N2O3/c1-27-21-8-7-16(13-22(21)28-2)14-23(26)25-11-9-17(10-12-25)19-15-24-20-6-4-3-5-18(19)20/h3-8,13,15,17,24H,9-12,14H2,1-2H3. The predicted molar refractivity (Wildman–Crippen MR) is 110 cm³/mol. The van der Waals surface area contributed by atoms with Crippen LogP contribution in [0.25, 0.3) is 10.9 Å². The van der Waals surface area contributed by atoms with Crippen molar-refractivity contribution in [2.45, 2.75) is 25.2 Å². The van der Waals surface area contributed by atoms with Crippen LogP contribution in [-0.4, -0.2) is 43.1 Å². The number of amides is 1. The van der Waals surface area contributed by atoms with Crippen LogP contribution in [0.15, 0.2) is 48.7 Å². The van der Waals surface area contributed by atoms with Crippen LogP contribution in [0, 0.1) is 0 Å². The average Bonchev–Trinajstić information content (AvgIpc) is 3.18. The summed E-state index contributed by atoms with van der Waals surface area (Å²) in [5.41, 5.74) is 3.51. The fourth-order valence-corrected chi connectivity index (χ4v) is 4.15. The minimum atomic E-state index is 0.171. The zero-order valence-corrected chi connectivity index (χ0v) is 16.4. The van der Waals surface area contributed by atoms with Gasteiger partial charge in [-0.3, -0.25) is 4.79 Å². The number of nitrogens with zero attached hydrogens (tertiary/aromatic N) is 1. The number of benzene rings is 2. The normalized spacial score (nSPS) is 15.0. The number of nitrogens with one attached hydrogen (secondary N) is 1. The molecule has 0 unspecified atom stereocenters. The molecule has 1 fully saturated rings. The number of H-pyrrole nitrogens is 1. The minimum absolute atomic E-state index is 0.171. The number of methoxy groups -OCH3 is 2. The molecule has 5 heteroatoms. The van der Waals surface area contributed by atoms with Gasteiger partial charge in [-0.25, -0.2) is 0 Å². The van der Waals surface area contributed by atoms with Crippen LogP contribution < -0.4 is 9.47 Å². The fraction of sp³-hybridized carbons (Fsp3) is 0.348. The van der Waals surface area contributed by atoms with Gasteiger partial charge in [0.25, 0.3) is 0 Å². The molecule has 1 aromatic heterocycles. The van der Waals surface area contributed by atoms with Crippen LogP contribution in [0.3, 0.4) is 0 Å². The van der Waals surface area contributed by atoms with Gasteiger partial charge in [-0.05, 0) is 48.1 Å². The van der Waals surface area contributed by atoms with Crippen LogP contribution in [0.5, 0.6) is 11.5 Å². The van der Waals surface area contributed by atoms with Crippen molar-refractivity contribution in [2.24, 2.45) is 0 Å². The zero-order chi connectivity index (χ0) is 19.5. The number of ether oxygens (including phenoxy) is 2. The molecule has 5 nitrogen and oxygen atoms in total. The molecule has 2 aromatic carbocycles. The van der Waals surface area contributed by atoms with E-state index in [0.717, 1.165) is 31.5 Å². The first-order valence-corrected chi connectivity index (χ1v) is 9.74. The summed E-state index contributed by atoms with van der Waals surface area (Å²) >= 11 is 0. The fourth-order valence-electron chi connectivity index (χ4n) is 4.15.